The fourth-order valence-electron chi connectivity index (χ4n) is 2.41. The van der Waals surface area contributed by atoms with Crippen LogP contribution >= 0.6 is 0 Å². The molecule has 3 rings (SSSR count). The SMILES string of the molecule is O=C(NCCNC(=O)c1nc(CS(=O)(=O)c2ccccc2)no1)c1ccccc1. The molecule has 0 aliphatic heterocycles. The van der Waals surface area contributed by atoms with Crippen molar-refractivity contribution in [2.45, 2.75) is 10.6 Å². The summed E-state index contributed by atoms with van der Waals surface area (Å²) in [6.07, 6.45) is 0. The van der Waals surface area contributed by atoms with Gasteiger partial charge in [0.05, 0.1) is 4.90 Å². The van der Waals surface area contributed by atoms with Crippen LogP contribution in [-0.2, 0) is 15.6 Å². The zero-order valence-corrected chi connectivity index (χ0v) is 16.1. The van der Waals surface area contributed by atoms with Crippen LogP contribution < -0.4 is 10.6 Å². The Morgan fingerprint density at radius 3 is 2.10 bits per heavy atom. The van der Waals surface area contributed by atoms with Gasteiger partial charge in [-0.3, -0.25) is 9.59 Å². The van der Waals surface area contributed by atoms with Gasteiger partial charge in [-0.2, -0.15) is 4.98 Å². The first kappa shape index (κ1) is 20.2. The zero-order valence-electron chi connectivity index (χ0n) is 15.2. The summed E-state index contributed by atoms with van der Waals surface area (Å²) in [7, 11) is -3.65. The van der Waals surface area contributed by atoms with Crippen molar-refractivity contribution in [2.75, 3.05) is 13.1 Å². The van der Waals surface area contributed by atoms with Crippen LogP contribution in [0.4, 0.5) is 0 Å². The topological polar surface area (TPSA) is 131 Å². The van der Waals surface area contributed by atoms with E-state index in [0.717, 1.165) is 0 Å². The Labute approximate surface area is 167 Å². The van der Waals surface area contributed by atoms with Crippen molar-refractivity contribution in [2.24, 2.45) is 0 Å². The number of rotatable bonds is 8. The maximum absolute atomic E-state index is 12.3. The number of sulfone groups is 1. The number of nitrogens with zero attached hydrogens (tertiary/aromatic N) is 2. The van der Waals surface area contributed by atoms with E-state index in [2.05, 4.69) is 20.8 Å². The highest BCUT2D eigenvalue weighted by atomic mass is 32.2. The normalized spacial score (nSPS) is 11.0. The Morgan fingerprint density at radius 2 is 1.45 bits per heavy atom. The molecule has 0 atom stereocenters. The van der Waals surface area contributed by atoms with E-state index in [9.17, 15) is 18.0 Å². The maximum atomic E-state index is 12.3. The van der Waals surface area contributed by atoms with E-state index in [0.29, 0.717) is 5.56 Å². The van der Waals surface area contributed by atoms with Crippen molar-refractivity contribution in [3.05, 3.63) is 77.9 Å². The molecule has 0 saturated carbocycles. The van der Waals surface area contributed by atoms with Crippen molar-refractivity contribution < 1.29 is 22.5 Å². The van der Waals surface area contributed by atoms with Crippen LogP contribution in [0.2, 0.25) is 0 Å². The Balaban J connectivity index is 1.49. The van der Waals surface area contributed by atoms with Gasteiger partial charge < -0.3 is 15.2 Å². The molecule has 3 aromatic rings. The van der Waals surface area contributed by atoms with E-state index in [4.69, 9.17) is 4.52 Å². The number of carbonyl (C=O) groups excluding carboxylic acids is 2. The summed E-state index contributed by atoms with van der Waals surface area (Å²) in [6, 6.07) is 16.5. The second kappa shape index (κ2) is 9.11. The van der Waals surface area contributed by atoms with Crippen LogP contribution in [-0.4, -0.2) is 43.5 Å². The first-order chi connectivity index (χ1) is 14.0. The fourth-order valence-corrected chi connectivity index (χ4v) is 3.60. The third-order valence-electron chi connectivity index (χ3n) is 3.82. The van der Waals surface area contributed by atoms with Gasteiger partial charge >= 0.3 is 11.8 Å². The summed E-state index contributed by atoms with van der Waals surface area (Å²) < 4.78 is 29.5. The first-order valence-corrected chi connectivity index (χ1v) is 10.3. The van der Waals surface area contributed by atoms with Crippen LogP contribution in [0.15, 0.2) is 70.1 Å². The largest absolute Gasteiger partial charge is 0.350 e. The molecule has 150 valence electrons. The molecule has 0 spiro atoms. The predicted octanol–water partition coefficient (Wildman–Crippen LogP) is 1.20. The molecule has 0 fully saturated rings. The summed E-state index contributed by atoms with van der Waals surface area (Å²) in [5, 5.41) is 8.72. The van der Waals surface area contributed by atoms with Gasteiger partial charge in [-0.05, 0) is 24.3 Å². The Kier molecular flexibility index (Phi) is 6.35. The number of carbonyl (C=O) groups is 2. The Hall–Kier alpha value is -3.53. The smallest absolute Gasteiger partial charge is 0.315 e. The molecular formula is C19H18N4O5S. The predicted molar refractivity (Wildman–Crippen MR) is 103 cm³/mol. The fraction of sp³-hybridized carbons (Fsp3) is 0.158. The van der Waals surface area contributed by atoms with Crippen LogP contribution in [0.3, 0.4) is 0 Å². The second-order valence-corrected chi connectivity index (χ2v) is 7.96. The molecular weight excluding hydrogens is 396 g/mol. The third kappa shape index (κ3) is 5.48. The van der Waals surface area contributed by atoms with Crippen molar-refractivity contribution in [3.63, 3.8) is 0 Å². The molecule has 0 radical (unpaired) electrons. The lowest BCUT2D eigenvalue weighted by Gasteiger charge is -2.05. The number of nitrogens with one attached hydrogen (secondary N) is 2. The quantitative estimate of drug-likeness (QED) is 0.530. The van der Waals surface area contributed by atoms with Gasteiger partial charge in [0, 0.05) is 18.7 Å². The van der Waals surface area contributed by atoms with Gasteiger partial charge in [-0.25, -0.2) is 8.42 Å². The van der Waals surface area contributed by atoms with Gasteiger partial charge in [-0.1, -0.05) is 41.6 Å². The minimum absolute atomic E-state index is 0.114. The van der Waals surface area contributed by atoms with Gasteiger partial charge in [0.15, 0.2) is 15.7 Å². The lowest BCUT2D eigenvalue weighted by Crippen LogP contribution is -2.34. The van der Waals surface area contributed by atoms with E-state index in [1.54, 1.807) is 48.5 Å². The summed E-state index contributed by atoms with van der Waals surface area (Å²) in [5.74, 6) is -1.86. The van der Waals surface area contributed by atoms with Gasteiger partial charge in [0.2, 0.25) is 0 Å². The highest BCUT2D eigenvalue weighted by Gasteiger charge is 2.21. The summed E-state index contributed by atoms with van der Waals surface area (Å²) in [6.45, 7) is 0.334. The first-order valence-electron chi connectivity index (χ1n) is 8.67. The van der Waals surface area contributed by atoms with Crippen LogP contribution in [0.1, 0.15) is 26.9 Å². The molecule has 9 nitrogen and oxygen atoms in total. The number of benzene rings is 2. The molecule has 10 heteroatoms. The van der Waals surface area contributed by atoms with Crippen molar-refractivity contribution in [3.8, 4) is 0 Å². The summed E-state index contributed by atoms with van der Waals surface area (Å²) in [4.78, 5) is 27.9. The van der Waals surface area contributed by atoms with Crippen molar-refractivity contribution in [1.29, 1.82) is 0 Å². The molecule has 2 N–H and O–H groups in total. The lowest BCUT2D eigenvalue weighted by atomic mass is 10.2. The average Bonchev–Trinajstić information content (AvgIpc) is 3.20. The van der Waals surface area contributed by atoms with Crippen molar-refractivity contribution in [1.82, 2.24) is 20.8 Å². The molecule has 0 aliphatic carbocycles. The van der Waals surface area contributed by atoms with Gasteiger partial charge in [-0.15, -0.1) is 0 Å². The summed E-state index contributed by atoms with van der Waals surface area (Å²) >= 11 is 0. The molecule has 2 amide bonds. The molecule has 1 aromatic heterocycles. The van der Waals surface area contributed by atoms with E-state index in [1.807, 2.05) is 0 Å². The second-order valence-electron chi connectivity index (χ2n) is 5.97. The Bertz CT molecular complexity index is 1080. The molecule has 1 heterocycles. The number of hydrogen-bond acceptors (Lipinski definition) is 7. The number of amides is 2. The molecule has 0 unspecified atom stereocenters. The highest BCUT2D eigenvalue weighted by Crippen LogP contribution is 2.14. The number of aromatic nitrogens is 2. The number of hydrogen-bond donors (Lipinski definition) is 2. The zero-order chi connectivity index (χ0) is 20.7. The molecule has 0 saturated heterocycles. The minimum atomic E-state index is -3.65. The molecule has 0 aliphatic rings. The van der Waals surface area contributed by atoms with Crippen LogP contribution in [0, 0.1) is 0 Å². The molecule has 29 heavy (non-hydrogen) atoms. The Morgan fingerprint density at radius 1 is 0.862 bits per heavy atom. The van der Waals surface area contributed by atoms with Crippen LogP contribution in [0.25, 0.3) is 0 Å². The van der Waals surface area contributed by atoms with E-state index < -0.39 is 21.5 Å². The van der Waals surface area contributed by atoms with E-state index in [1.165, 1.54) is 12.1 Å². The molecule has 0 bridgehead atoms. The average molecular weight is 414 g/mol. The van der Waals surface area contributed by atoms with E-state index in [-0.39, 0.29) is 35.6 Å². The standard InChI is InChI=1S/C19H18N4O5S/c24-17(14-7-3-1-4-8-14)20-11-12-21-18(25)19-22-16(23-28-19)13-29(26,27)15-9-5-2-6-10-15/h1-10H,11-13H2,(H,20,24)(H,21,25). The summed E-state index contributed by atoms with van der Waals surface area (Å²) in [5.41, 5.74) is 0.514. The monoisotopic (exact) mass is 414 g/mol. The molecule has 2 aromatic carbocycles. The van der Waals surface area contributed by atoms with Crippen molar-refractivity contribution >= 4 is 21.7 Å². The van der Waals surface area contributed by atoms with Gasteiger partial charge in [0.25, 0.3) is 5.91 Å². The maximum Gasteiger partial charge on any atom is 0.315 e. The highest BCUT2D eigenvalue weighted by molar-refractivity contribution is 7.90. The van der Waals surface area contributed by atoms with Gasteiger partial charge in [0.1, 0.15) is 5.75 Å². The minimum Gasteiger partial charge on any atom is -0.350 e. The third-order valence-corrected chi connectivity index (χ3v) is 5.44. The lowest BCUT2D eigenvalue weighted by molar-refractivity contribution is 0.0898. The van der Waals surface area contributed by atoms with E-state index >= 15 is 0 Å². The van der Waals surface area contributed by atoms with Crippen LogP contribution in [0.5, 0.6) is 0 Å².